The van der Waals surface area contributed by atoms with Gasteiger partial charge in [-0.05, 0) is 30.5 Å². The lowest BCUT2D eigenvalue weighted by Crippen LogP contribution is -2.43. The number of piperidine rings is 1. The number of morpholine rings is 1. The minimum absolute atomic E-state index is 0.00515. The van der Waals surface area contributed by atoms with E-state index in [4.69, 9.17) is 14.2 Å². The number of amides is 1. The van der Waals surface area contributed by atoms with Crippen LogP contribution in [0.2, 0.25) is 0 Å². The standard InChI is InChI=1S/C20H31N3O6S/c1-27-19-13-16(14-22-7-5-17(6-8-22)21-30(2,25)26)3-4-18(19)29-15-20(24)23-9-11-28-12-10-23/h3-4,13,17,21H,5-12,14-15H2,1-2H3. The van der Waals surface area contributed by atoms with Crippen LogP contribution in [0.3, 0.4) is 0 Å². The first-order valence-electron chi connectivity index (χ1n) is 10.2. The molecule has 0 unspecified atom stereocenters. The first-order chi connectivity index (χ1) is 14.3. The summed E-state index contributed by atoms with van der Waals surface area (Å²) in [6.45, 7) is 4.66. The molecule has 2 aliphatic heterocycles. The van der Waals surface area contributed by atoms with Gasteiger partial charge in [-0.3, -0.25) is 9.69 Å². The lowest BCUT2D eigenvalue weighted by atomic mass is 10.1. The zero-order valence-corrected chi connectivity index (χ0v) is 18.4. The molecule has 0 radical (unpaired) electrons. The molecule has 0 spiro atoms. The van der Waals surface area contributed by atoms with E-state index in [1.807, 2.05) is 18.2 Å². The van der Waals surface area contributed by atoms with Crippen LogP contribution >= 0.6 is 0 Å². The van der Waals surface area contributed by atoms with Crippen LogP contribution in [0.5, 0.6) is 11.5 Å². The van der Waals surface area contributed by atoms with Gasteiger partial charge in [-0.1, -0.05) is 6.07 Å². The number of methoxy groups -OCH3 is 1. The van der Waals surface area contributed by atoms with Gasteiger partial charge in [0.2, 0.25) is 10.0 Å². The maximum Gasteiger partial charge on any atom is 0.260 e. The summed E-state index contributed by atoms with van der Waals surface area (Å²) in [5.74, 6) is 1.07. The van der Waals surface area contributed by atoms with Crippen molar-refractivity contribution in [2.24, 2.45) is 0 Å². The third-order valence-electron chi connectivity index (χ3n) is 5.32. The number of hydrogen-bond acceptors (Lipinski definition) is 7. The molecule has 30 heavy (non-hydrogen) atoms. The van der Waals surface area contributed by atoms with Gasteiger partial charge in [-0.15, -0.1) is 0 Å². The van der Waals surface area contributed by atoms with E-state index in [0.717, 1.165) is 38.0 Å². The van der Waals surface area contributed by atoms with Gasteiger partial charge in [-0.2, -0.15) is 0 Å². The second-order valence-electron chi connectivity index (χ2n) is 7.71. The summed E-state index contributed by atoms with van der Waals surface area (Å²) in [5, 5.41) is 0. The van der Waals surface area contributed by atoms with E-state index in [9.17, 15) is 13.2 Å². The van der Waals surface area contributed by atoms with Crippen molar-refractivity contribution < 1.29 is 27.4 Å². The Morgan fingerprint density at radius 3 is 2.50 bits per heavy atom. The van der Waals surface area contributed by atoms with Gasteiger partial charge < -0.3 is 19.1 Å². The third kappa shape index (κ3) is 6.83. The quantitative estimate of drug-likeness (QED) is 0.625. The first-order valence-corrected chi connectivity index (χ1v) is 12.1. The Labute approximate surface area is 178 Å². The molecule has 9 nitrogen and oxygen atoms in total. The van der Waals surface area contributed by atoms with Crippen molar-refractivity contribution in [3.05, 3.63) is 23.8 Å². The molecule has 1 aromatic carbocycles. The topological polar surface area (TPSA) is 97.4 Å². The van der Waals surface area contributed by atoms with E-state index in [1.54, 1.807) is 12.0 Å². The number of nitrogens with one attached hydrogen (secondary N) is 1. The molecule has 1 aromatic rings. The van der Waals surface area contributed by atoms with E-state index < -0.39 is 10.0 Å². The normalized spacial score (nSPS) is 18.9. The van der Waals surface area contributed by atoms with Gasteiger partial charge in [0.05, 0.1) is 26.6 Å². The Bertz CT molecular complexity index is 818. The smallest absolute Gasteiger partial charge is 0.260 e. The number of rotatable bonds is 8. The number of benzene rings is 1. The van der Waals surface area contributed by atoms with Crippen LogP contribution in [0.4, 0.5) is 0 Å². The van der Waals surface area contributed by atoms with Gasteiger partial charge in [0.1, 0.15) is 0 Å². The van der Waals surface area contributed by atoms with E-state index in [1.165, 1.54) is 6.26 Å². The van der Waals surface area contributed by atoms with Crippen LogP contribution in [0, 0.1) is 0 Å². The van der Waals surface area contributed by atoms with Gasteiger partial charge in [0, 0.05) is 38.8 Å². The van der Waals surface area contributed by atoms with E-state index in [0.29, 0.717) is 37.8 Å². The monoisotopic (exact) mass is 441 g/mol. The summed E-state index contributed by atoms with van der Waals surface area (Å²) < 4.78 is 41.9. The number of ether oxygens (including phenoxy) is 3. The molecular weight excluding hydrogens is 410 g/mol. The molecule has 1 N–H and O–H groups in total. The van der Waals surface area contributed by atoms with Crippen molar-refractivity contribution >= 4 is 15.9 Å². The summed E-state index contributed by atoms with van der Waals surface area (Å²) in [7, 11) is -1.58. The summed E-state index contributed by atoms with van der Waals surface area (Å²) in [6, 6.07) is 5.73. The number of likely N-dealkylation sites (tertiary alicyclic amines) is 1. The zero-order valence-electron chi connectivity index (χ0n) is 17.6. The maximum absolute atomic E-state index is 12.3. The number of carbonyl (C=O) groups is 1. The first kappa shape index (κ1) is 22.8. The van der Waals surface area contributed by atoms with Gasteiger partial charge >= 0.3 is 0 Å². The molecule has 0 atom stereocenters. The molecule has 3 rings (SSSR count). The molecule has 0 aliphatic carbocycles. The highest BCUT2D eigenvalue weighted by Gasteiger charge is 2.22. The minimum atomic E-state index is -3.17. The largest absolute Gasteiger partial charge is 0.493 e. The van der Waals surface area contributed by atoms with Crippen molar-refractivity contribution in [1.29, 1.82) is 0 Å². The van der Waals surface area contributed by atoms with Crippen LogP contribution in [-0.4, -0.2) is 89.5 Å². The summed E-state index contributed by atoms with van der Waals surface area (Å²) in [4.78, 5) is 16.3. The van der Waals surface area contributed by atoms with Gasteiger partial charge in [0.25, 0.3) is 5.91 Å². The zero-order chi connectivity index (χ0) is 21.6. The van der Waals surface area contributed by atoms with Gasteiger partial charge in [-0.25, -0.2) is 13.1 Å². The highest BCUT2D eigenvalue weighted by atomic mass is 32.2. The average Bonchev–Trinajstić information content (AvgIpc) is 2.73. The molecule has 2 heterocycles. The fraction of sp³-hybridized carbons (Fsp3) is 0.650. The van der Waals surface area contributed by atoms with Crippen LogP contribution in [0.1, 0.15) is 18.4 Å². The fourth-order valence-corrected chi connectivity index (χ4v) is 4.58. The lowest BCUT2D eigenvalue weighted by Gasteiger charge is -2.32. The fourth-order valence-electron chi connectivity index (χ4n) is 3.74. The Morgan fingerprint density at radius 1 is 1.17 bits per heavy atom. The van der Waals surface area contributed by atoms with Crippen LogP contribution in [-0.2, 0) is 26.1 Å². The van der Waals surface area contributed by atoms with Crippen molar-refractivity contribution in [2.75, 3.05) is 59.4 Å². The van der Waals surface area contributed by atoms with Gasteiger partial charge in [0.15, 0.2) is 18.1 Å². The Morgan fingerprint density at radius 2 is 1.87 bits per heavy atom. The third-order valence-corrected chi connectivity index (χ3v) is 6.08. The van der Waals surface area contributed by atoms with Crippen molar-refractivity contribution in [1.82, 2.24) is 14.5 Å². The predicted octanol–water partition coefficient (Wildman–Crippen LogP) is 0.446. The molecule has 0 bridgehead atoms. The van der Waals surface area contributed by atoms with Crippen LogP contribution < -0.4 is 14.2 Å². The minimum Gasteiger partial charge on any atom is -0.493 e. The van der Waals surface area contributed by atoms with Crippen LogP contribution in [0.25, 0.3) is 0 Å². The Kier molecular flexibility index (Phi) is 7.93. The molecule has 1 amide bonds. The Balaban J connectivity index is 1.51. The lowest BCUT2D eigenvalue weighted by molar-refractivity contribution is -0.137. The van der Waals surface area contributed by atoms with Crippen molar-refractivity contribution in [2.45, 2.75) is 25.4 Å². The average molecular weight is 442 g/mol. The molecule has 0 saturated carbocycles. The summed E-state index contributed by atoms with van der Waals surface area (Å²) in [6.07, 6.45) is 2.77. The second-order valence-corrected chi connectivity index (χ2v) is 9.49. The Hall–Kier alpha value is -1.88. The summed E-state index contributed by atoms with van der Waals surface area (Å²) >= 11 is 0. The van der Waals surface area contributed by atoms with E-state index >= 15 is 0 Å². The maximum atomic E-state index is 12.3. The highest BCUT2D eigenvalue weighted by Crippen LogP contribution is 2.29. The van der Waals surface area contributed by atoms with Crippen LogP contribution in [0.15, 0.2) is 18.2 Å². The molecule has 0 aromatic heterocycles. The summed E-state index contributed by atoms with van der Waals surface area (Å²) in [5.41, 5.74) is 1.08. The number of hydrogen-bond donors (Lipinski definition) is 1. The second kappa shape index (κ2) is 10.4. The molecular formula is C20H31N3O6S. The predicted molar refractivity (Wildman–Crippen MR) is 112 cm³/mol. The molecule has 168 valence electrons. The number of carbonyl (C=O) groups excluding carboxylic acids is 1. The van der Waals surface area contributed by atoms with Crippen molar-refractivity contribution in [3.63, 3.8) is 0 Å². The van der Waals surface area contributed by atoms with E-state index in [2.05, 4.69) is 9.62 Å². The number of sulfonamides is 1. The number of nitrogens with zero attached hydrogens (tertiary/aromatic N) is 2. The SMILES string of the molecule is COc1cc(CN2CCC(NS(C)(=O)=O)CC2)ccc1OCC(=O)N1CCOCC1. The van der Waals surface area contributed by atoms with Crippen molar-refractivity contribution in [3.8, 4) is 11.5 Å². The highest BCUT2D eigenvalue weighted by molar-refractivity contribution is 7.88. The molecule has 2 aliphatic rings. The molecule has 2 saturated heterocycles. The molecule has 2 fully saturated rings. The molecule has 10 heteroatoms. The van der Waals surface area contributed by atoms with E-state index in [-0.39, 0.29) is 18.6 Å².